The molecule has 108 valence electrons. The van der Waals surface area contributed by atoms with Gasteiger partial charge in [-0.2, -0.15) is 0 Å². The fourth-order valence-electron chi connectivity index (χ4n) is 2.16. The van der Waals surface area contributed by atoms with Gasteiger partial charge in [0.1, 0.15) is 11.6 Å². The average Bonchev–Trinajstić information content (AvgIpc) is 2.88. The third-order valence-corrected chi connectivity index (χ3v) is 5.13. The van der Waals surface area contributed by atoms with Crippen molar-refractivity contribution < 1.29 is 13.6 Å². The zero-order valence-electron chi connectivity index (χ0n) is 10.7. The Hall–Kier alpha value is -1.40. The van der Waals surface area contributed by atoms with Crippen LogP contribution in [0.2, 0.25) is 0 Å². The van der Waals surface area contributed by atoms with Crippen LogP contribution in [0.1, 0.15) is 5.56 Å². The highest BCUT2D eigenvalue weighted by atomic mass is 79.9. The van der Waals surface area contributed by atoms with Crippen molar-refractivity contribution in [1.29, 1.82) is 0 Å². The van der Waals surface area contributed by atoms with Gasteiger partial charge in [-0.15, -0.1) is 11.8 Å². The maximum absolute atomic E-state index is 13.7. The summed E-state index contributed by atoms with van der Waals surface area (Å²) < 4.78 is 27.2. The zero-order valence-corrected chi connectivity index (χ0v) is 13.1. The van der Waals surface area contributed by atoms with Crippen molar-refractivity contribution in [1.82, 2.24) is 0 Å². The highest BCUT2D eigenvalue weighted by Gasteiger charge is 2.28. The molecule has 0 saturated heterocycles. The van der Waals surface area contributed by atoms with Gasteiger partial charge in [0.15, 0.2) is 0 Å². The molecule has 2 aromatic rings. The molecular weight excluding hydrogens is 360 g/mol. The van der Waals surface area contributed by atoms with Crippen molar-refractivity contribution in [3.8, 4) is 0 Å². The first-order valence-electron chi connectivity index (χ1n) is 6.24. The second-order valence-electron chi connectivity index (χ2n) is 4.65. The molecule has 1 N–H and O–H groups in total. The van der Waals surface area contributed by atoms with E-state index < -0.39 is 11.6 Å². The predicted molar refractivity (Wildman–Crippen MR) is 82.5 cm³/mol. The van der Waals surface area contributed by atoms with Gasteiger partial charge in [-0.3, -0.25) is 4.79 Å². The van der Waals surface area contributed by atoms with Crippen LogP contribution in [-0.2, 0) is 11.2 Å². The Morgan fingerprint density at radius 2 is 2.00 bits per heavy atom. The summed E-state index contributed by atoms with van der Waals surface area (Å²) in [5.74, 6) is -1.61. The van der Waals surface area contributed by atoms with Crippen molar-refractivity contribution in [3.05, 3.63) is 58.1 Å². The Labute approximate surface area is 133 Å². The van der Waals surface area contributed by atoms with Crippen LogP contribution in [-0.4, -0.2) is 11.2 Å². The first-order chi connectivity index (χ1) is 10.0. The van der Waals surface area contributed by atoms with E-state index in [1.54, 1.807) is 0 Å². The molecule has 1 atom stereocenters. The second-order valence-corrected chi connectivity index (χ2v) is 6.75. The van der Waals surface area contributed by atoms with Gasteiger partial charge in [0.2, 0.25) is 5.91 Å². The van der Waals surface area contributed by atoms with Crippen molar-refractivity contribution in [2.24, 2.45) is 0 Å². The average molecular weight is 370 g/mol. The highest BCUT2D eigenvalue weighted by Crippen LogP contribution is 2.37. The minimum absolute atomic E-state index is 0.0284. The monoisotopic (exact) mass is 369 g/mol. The first-order valence-corrected chi connectivity index (χ1v) is 7.92. The van der Waals surface area contributed by atoms with Crippen molar-refractivity contribution >= 4 is 39.3 Å². The lowest BCUT2D eigenvalue weighted by molar-refractivity contribution is -0.115. The number of rotatable bonds is 2. The third kappa shape index (κ3) is 2.96. The van der Waals surface area contributed by atoms with Crippen molar-refractivity contribution in [2.75, 3.05) is 5.32 Å². The Balaban J connectivity index is 1.75. The fourth-order valence-corrected chi connectivity index (χ4v) is 3.67. The molecule has 1 amide bonds. The number of carbonyl (C=O) groups excluding carboxylic acids is 1. The standard InChI is InChI=1S/C15H10BrF2NOS/c16-9-6-11(18)12(7-10(9)17)19-15(20)14-5-8-3-1-2-4-13(8)21-14/h1-4,6-7,14H,5H2,(H,19,20). The molecule has 21 heavy (non-hydrogen) atoms. The van der Waals surface area contributed by atoms with Crippen LogP contribution in [0.15, 0.2) is 45.8 Å². The number of halogens is 3. The summed E-state index contributed by atoms with van der Waals surface area (Å²) in [6, 6.07) is 9.73. The maximum Gasteiger partial charge on any atom is 0.238 e. The number of carbonyl (C=O) groups is 1. The minimum Gasteiger partial charge on any atom is -0.323 e. The molecule has 2 nitrogen and oxygen atoms in total. The lowest BCUT2D eigenvalue weighted by atomic mass is 10.1. The van der Waals surface area contributed by atoms with E-state index in [9.17, 15) is 13.6 Å². The van der Waals surface area contributed by atoms with Gasteiger partial charge in [-0.1, -0.05) is 18.2 Å². The largest absolute Gasteiger partial charge is 0.323 e. The van der Waals surface area contributed by atoms with Crippen LogP contribution < -0.4 is 5.32 Å². The van der Waals surface area contributed by atoms with Crippen LogP contribution >= 0.6 is 27.7 Å². The molecule has 0 radical (unpaired) electrons. The fraction of sp³-hybridized carbons (Fsp3) is 0.133. The summed E-state index contributed by atoms with van der Waals surface area (Å²) in [6.45, 7) is 0. The molecule has 1 aliphatic heterocycles. The summed E-state index contributed by atoms with van der Waals surface area (Å²) in [6.07, 6.45) is 0.591. The number of benzene rings is 2. The molecule has 1 unspecified atom stereocenters. The van der Waals surface area contributed by atoms with E-state index in [2.05, 4.69) is 21.2 Å². The number of thioether (sulfide) groups is 1. The topological polar surface area (TPSA) is 29.1 Å². The quantitative estimate of drug-likeness (QED) is 0.795. The number of amides is 1. The van der Waals surface area contributed by atoms with E-state index in [4.69, 9.17) is 0 Å². The van der Waals surface area contributed by atoms with Crippen LogP contribution in [0.5, 0.6) is 0 Å². The number of anilines is 1. The smallest absolute Gasteiger partial charge is 0.238 e. The summed E-state index contributed by atoms with van der Waals surface area (Å²) in [4.78, 5) is 13.3. The van der Waals surface area contributed by atoms with Gasteiger partial charge >= 0.3 is 0 Å². The molecule has 1 heterocycles. The second kappa shape index (κ2) is 5.77. The lowest BCUT2D eigenvalue weighted by Gasteiger charge is -2.11. The normalized spacial score (nSPS) is 16.6. The molecule has 0 bridgehead atoms. The molecule has 3 rings (SSSR count). The molecule has 0 aromatic heterocycles. The van der Waals surface area contributed by atoms with Gasteiger partial charge in [0, 0.05) is 11.0 Å². The molecule has 0 spiro atoms. The van der Waals surface area contributed by atoms with Crippen LogP contribution in [0.3, 0.4) is 0 Å². The summed E-state index contributed by atoms with van der Waals surface area (Å²) in [7, 11) is 0. The van der Waals surface area contributed by atoms with Crippen LogP contribution in [0.25, 0.3) is 0 Å². The SMILES string of the molecule is O=C(Nc1cc(F)c(Br)cc1F)C1Cc2ccccc2S1. The molecule has 0 saturated carbocycles. The van der Waals surface area contributed by atoms with Crippen LogP contribution in [0, 0.1) is 11.6 Å². The van der Waals surface area contributed by atoms with E-state index in [0.717, 1.165) is 22.6 Å². The Morgan fingerprint density at radius 3 is 2.76 bits per heavy atom. The molecular formula is C15H10BrF2NOS. The first kappa shape index (κ1) is 14.5. The predicted octanol–water partition coefficient (Wildman–Crippen LogP) is 4.38. The Morgan fingerprint density at radius 1 is 1.24 bits per heavy atom. The minimum atomic E-state index is -0.669. The third-order valence-electron chi connectivity index (χ3n) is 3.21. The number of hydrogen-bond acceptors (Lipinski definition) is 2. The maximum atomic E-state index is 13.7. The van der Waals surface area contributed by atoms with Gasteiger partial charge in [0.05, 0.1) is 15.4 Å². The number of hydrogen-bond donors (Lipinski definition) is 1. The number of fused-ring (bicyclic) bond motifs is 1. The van der Waals surface area contributed by atoms with Crippen LogP contribution in [0.4, 0.5) is 14.5 Å². The molecule has 0 fully saturated rings. The molecule has 1 aliphatic rings. The van der Waals surface area contributed by atoms with Gasteiger partial charge in [-0.05, 0) is 40.0 Å². The highest BCUT2D eigenvalue weighted by molar-refractivity contribution is 9.10. The molecule has 0 aliphatic carbocycles. The molecule has 2 aromatic carbocycles. The van der Waals surface area contributed by atoms with Crippen molar-refractivity contribution in [2.45, 2.75) is 16.6 Å². The zero-order chi connectivity index (χ0) is 15.0. The Bertz CT molecular complexity index is 698. The van der Waals surface area contributed by atoms with E-state index >= 15 is 0 Å². The van der Waals surface area contributed by atoms with E-state index in [0.29, 0.717) is 6.42 Å². The summed E-state index contributed by atoms with van der Waals surface area (Å²) >= 11 is 4.34. The summed E-state index contributed by atoms with van der Waals surface area (Å²) in [5.41, 5.74) is 0.961. The van der Waals surface area contributed by atoms with E-state index in [-0.39, 0.29) is 21.3 Å². The van der Waals surface area contributed by atoms with Crippen molar-refractivity contribution in [3.63, 3.8) is 0 Å². The van der Waals surface area contributed by atoms with Gasteiger partial charge in [0.25, 0.3) is 0 Å². The Kier molecular flexibility index (Phi) is 3.99. The van der Waals surface area contributed by atoms with Gasteiger partial charge in [-0.25, -0.2) is 8.78 Å². The van der Waals surface area contributed by atoms with Gasteiger partial charge < -0.3 is 5.32 Å². The van der Waals surface area contributed by atoms with E-state index in [1.807, 2.05) is 24.3 Å². The lowest BCUT2D eigenvalue weighted by Crippen LogP contribution is -2.25. The molecule has 6 heteroatoms. The van der Waals surface area contributed by atoms with E-state index in [1.165, 1.54) is 11.8 Å². The summed E-state index contributed by atoms with van der Waals surface area (Å²) in [5, 5.41) is 2.13. The number of nitrogens with one attached hydrogen (secondary N) is 1.